The van der Waals surface area contributed by atoms with E-state index >= 15 is 0 Å². The molecular weight excluding hydrogens is 384 g/mol. The molecule has 9 heteroatoms. The molecular formula is C18H16N4O3S2. The van der Waals surface area contributed by atoms with Gasteiger partial charge in [0.1, 0.15) is 5.69 Å². The second-order valence-corrected chi connectivity index (χ2v) is 7.33. The van der Waals surface area contributed by atoms with Crippen LogP contribution in [-0.4, -0.2) is 51.3 Å². The standard InChI is InChI=1S/C18H16N4O3S2/c1-26-13-4-2-12(3-5-13)10-15-17(24)22(18(25)27-15)9-8-21-16(23)14-11-19-6-7-20-14/h2-7,10-11H,8-9H2,1H3,(H,21,23)/b15-10+. The van der Waals surface area contributed by atoms with Crippen LogP contribution in [-0.2, 0) is 4.79 Å². The highest BCUT2D eigenvalue weighted by molar-refractivity contribution is 8.18. The van der Waals surface area contributed by atoms with E-state index < -0.39 is 5.91 Å². The lowest BCUT2D eigenvalue weighted by Gasteiger charge is -2.12. The molecule has 1 aromatic heterocycles. The molecule has 1 aliphatic heterocycles. The molecule has 2 heterocycles. The van der Waals surface area contributed by atoms with Gasteiger partial charge in [-0.15, -0.1) is 11.8 Å². The van der Waals surface area contributed by atoms with E-state index in [-0.39, 0.29) is 29.9 Å². The average molecular weight is 400 g/mol. The fourth-order valence-corrected chi connectivity index (χ4v) is 3.61. The lowest BCUT2D eigenvalue weighted by Crippen LogP contribution is -2.37. The van der Waals surface area contributed by atoms with Crippen LogP contribution >= 0.6 is 23.5 Å². The lowest BCUT2D eigenvalue weighted by molar-refractivity contribution is -0.122. The van der Waals surface area contributed by atoms with Crippen molar-refractivity contribution in [2.75, 3.05) is 19.3 Å². The molecule has 138 valence electrons. The lowest BCUT2D eigenvalue weighted by atomic mass is 10.2. The van der Waals surface area contributed by atoms with Crippen LogP contribution < -0.4 is 5.32 Å². The fraction of sp³-hybridized carbons (Fsp3) is 0.167. The summed E-state index contributed by atoms with van der Waals surface area (Å²) >= 11 is 2.53. The van der Waals surface area contributed by atoms with Crippen molar-refractivity contribution in [3.8, 4) is 0 Å². The average Bonchev–Trinajstić information content (AvgIpc) is 2.96. The molecule has 1 saturated heterocycles. The third-order valence-corrected chi connectivity index (χ3v) is 5.35. The van der Waals surface area contributed by atoms with Gasteiger partial charge in [0.05, 0.1) is 11.1 Å². The third-order valence-electron chi connectivity index (χ3n) is 3.70. The first-order valence-electron chi connectivity index (χ1n) is 8.02. The molecule has 2 aromatic rings. The van der Waals surface area contributed by atoms with Crippen LogP contribution in [0.15, 0.2) is 52.7 Å². The molecule has 0 atom stereocenters. The van der Waals surface area contributed by atoms with Gasteiger partial charge in [0, 0.05) is 30.4 Å². The van der Waals surface area contributed by atoms with Crippen molar-refractivity contribution in [1.82, 2.24) is 20.2 Å². The van der Waals surface area contributed by atoms with E-state index in [4.69, 9.17) is 0 Å². The number of carbonyl (C=O) groups excluding carboxylic acids is 3. The first-order chi connectivity index (χ1) is 13.1. The summed E-state index contributed by atoms with van der Waals surface area (Å²) in [6, 6.07) is 7.73. The monoisotopic (exact) mass is 400 g/mol. The van der Waals surface area contributed by atoms with Crippen LogP contribution in [0.3, 0.4) is 0 Å². The number of benzene rings is 1. The number of nitrogens with zero attached hydrogens (tertiary/aromatic N) is 3. The van der Waals surface area contributed by atoms with Gasteiger partial charge >= 0.3 is 0 Å². The van der Waals surface area contributed by atoms with E-state index in [1.54, 1.807) is 17.8 Å². The largest absolute Gasteiger partial charge is 0.349 e. The molecule has 0 bridgehead atoms. The second kappa shape index (κ2) is 8.83. The Balaban J connectivity index is 1.59. The minimum absolute atomic E-state index is 0.0966. The van der Waals surface area contributed by atoms with Gasteiger partial charge in [-0.2, -0.15) is 0 Å². The first kappa shape index (κ1) is 19.1. The van der Waals surface area contributed by atoms with Gasteiger partial charge < -0.3 is 5.32 Å². The number of nitrogens with one attached hydrogen (secondary N) is 1. The van der Waals surface area contributed by atoms with Crippen LogP contribution in [0, 0.1) is 0 Å². The SMILES string of the molecule is CSc1ccc(/C=C2/SC(=O)N(CCNC(=O)c3cnccn3)C2=O)cc1. The summed E-state index contributed by atoms with van der Waals surface area (Å²) in [5.41, 5.74) is 1.04. The molecule has 3 rings (SSSR count). The zero-order chi connectivity index (χ0) is 19.2. The molecule has 1 N–H and O–H groups in total. The Hall–Kier alpha value is -2.65. The van der Waals surface area contributed by atoms with E-state index in [1.165, 1.54) is 18.6 Å². The van der Waals surface area contributed by atoms with Gasteiger partial charge in [-0.3, -0.25) is 24.3 Å². The number of rotatable bonds is 6. The zero-order valence-electron chi connectivity index (χ0n) is 14.4. The highest BCUT2D eigenvalue weighted by atomic mass is 32.2. The number of aromatic nitrogens is 2. The number of carbonyl (C=O) groups is 3. The van der Waals surface area contributed by atoms with E-state index in [0.29, 0.717) is 4.91 Å². The minimum atomic E-state index is -0.403. The summed E-state index contributed by atoms with van der Waals surface area (Å²) in [5.74, 6) is -0.757. The number of hydrogen-bond donors (Lipinski definition) is 1. The predicted octanol–water partition coefficient (Wildman–Crippen LogP) is 2.66. The van der Waals surface area contributed by atoms with Gasteiger partial charge in [0.25, 0.3) is 17.1 Å². The predicted molar refractivity (Wildman–Crippen MR) is 105 cm³/mol. The second-order valence-electron chi connectivity index (χ2n) is 5.45. The summed E-state index contributed by atoms with van der Waals surface area (Å²) in [5, 5.41) is 2.28. The molecule has 0 radical (unpaired) electrons. The maximum Gasteiger partial charge on any atom is 0.293 e. The summed E-state index contributed by atoms with van der Waals surface area (Å²) in [6.07, 6.45) is 7.93. The maximum absolute atomic E-state index is 12.5. The van der Waals surface area contributed by atoms with Gasteiger partial charge in [-0.1, -0.05) is 12.1 Å². The third kappa shape index (κ3) is 4.75. The van der Waals surface area contributed by atoms with Crippen LogP contribution in [0.4, 0.5) is 4.79 Å². The fourth-order valence-electron chi connectivity index (χ4n) is 2.33. The van der Waals surface area contributed by atoms with E-state index in [0.717, 1.165) is 27.1 Å². The molecule has 1 aliphatic rings. The Morgan fingerprint density at radius 2 is 2.04 bits per heavy atom. The van der Waals surface area contributed by atoms with Crippen molar-refractivity contribution in [3.05, 3.63) is 59.0 Å². The molecule has 0 unspecified atom stereocenters. The van der Waals surface area contributed by atoms with E-state index in [1.807, 2.05) is 30.5 Å². The highest BCUT2D eigenvalue weighted by Gasteiger charge is 2.34. The summed E-state index contributed by atoms with van der Waals surface area (Å²) in [4.78, 5) is 46.8. The van der Waals surface area contributed by atoms with Crippen LogP contribution in [0.5, 0.6) is 0 Å². The van der Waals surface area contributed by atoms with Gasteiger partial charge in [0.2, 0.25) is 0 Å². The van der Waals surface area contributed by atoms with Crippen molar-refractivity contribution in [1.29, 1.82) is 0 Å². The van der Waals surface area contributed by atoms with Crippen LogP contribution in [0.25, 0.3) is 6.08 Å². The Morgan fingerprint density at radius 1 is 1.26 bits per heavy atom. The Labute approximate surface area is 164 Å². The van der Waals surface area contributed by atoms with Crippen molar-refractivity contribution in [2.45, 2.75) is 4.90 Å². The van der Waals surface area contributed by atoms with Gasteiger partial charge in [-0.05, 0) is 41.8 Å². The first-order valence-corrected chi connectivity index (χ1v) is 10.1. The molecule has 27 heavy (non-hydrogen) atoms. The van der Waals surface area contributed by atoms with Crippen LogP contribution in [0.1, 0.15) is 16.1 Å². The quantitative estimate of drug-likeness (QED) is 0.589. The molecule has 7 nitrogen and oxygen atoms in total. The topological polar surface area (TPSA) is 92.3 Å². The smallest absolute Gasteiger partial charge is 0.293 e. The molecule has 0 saturated carbocycles. The number of imide groups is 1. The Bertz CT molecular complexity index is 885. The molecule has 1 fully saturated rings. The zero-order valence-corrected chi connectivity index (χ0v) is 16.0. The van der Waals surface area contributed by atoms with Gasteiger partial charge in [0.15, 0.2) is 0 Å². The summed E-state index contributed by atoms with van der Waals surface area (Å²) < 4.78 is 0. The van der Waals surface area contributed by atoms with Crippen molar-refractivity contribution in [3.63, 3.8) is 0 Å². The van der Waals surface area contributed by atoms with Crippen molar-refractivity contribution >= 4 is 46.7 Å². The highest BCUT2D eigenvalue weighted by Crippen LogP contribution is 2.32. The number of thioether (sulfide) groups is 2. The molecule has 0 spiro atoms. The number of amides is 3. The molecule has 1 aromatic carbocycles. The molecule has 3 amide bonds. The number of hydrogen-bond acceptors (Lipinski definition) is 7. The minimum Gasteiger partial charge on any atom is -0.349 e. The van der Waals surface area contributed by atoms with E-state index in [2.05, 4.69) is 15.3 Å². The summed E-state index contributed by atoms with van der Waals surface area (Å²) in [6.45, 7) is 0.239. The normalized spacial score (nSPS) is 15.4. The Morgan fingerprint density at radius 3 is 2.70 bits per heavy atom. The van der Waals surface area contributed by atoms with Crippen LogP contribution in [0.2, 0.25) is 0 Å². The van der Waals surface area contributed by atoms with Crippen molar-refractivity contribution < 1.29 is 14.4 Å². The Kier molecular flexibility index (Phi) is 6.25. The molecule has 0 aliphatic carbocycles. The van der Waals surface area contributed by atoms with Crippen molar-refractivity contribution in [2.24, 2.45) is 0 Å². The maximum atomic E-state index is 12.5. The van der Waals surface area contributed by atoms with Gasteiger partial charge in [-0.25, -0.2) is 4.98 Å². The summed E-state index contributed by atoms with van der Waals surface area (Å²) in [7, 11) is 0. The van der Waals surface area contributed by atoms with E-state index in [9.17, 15) is 14.4 Å².